The molecule has 4 nitrogen and oxygen atoms in total. The first kappa shape index (κ1) is 14.7. The van der Waals surface area contributed by atoms with Gasteiger partial charge in [0.1, 0.15) is 5.82 Å². The van der Waals surface area contributed by atoms with Crippen molar-refractivity contribution in [3.8, 4) is 0 Å². The molecule has 3 aromatic rings. The van der Waals surface area contributed by atoms with Gasteiger partial charge in [0.25, 0.3) is 0 Å². The molecule has 6 heteroatoms. The monoisotopic (exact) mass is 358 g/mol. The molecule has 0 spiro atoms. The second-order valence-electron chi connectivity index (χ2n) is 6.86. The van der Waals surface area contributed by atoms with Crippen molar-refractivity contribution in [2.24, 2.45) is 0 Å². The third-order valence-electron chi connectivity index (χ3n) is 5.40. The third-order valence-corrected chi connectivity index (χ3v) is 5.95. The number of nitrogens with zero attached hydrogens (tertiary/aromatic N) is 4. The molecule has 24 heavy (non-hydrogen) atoms. The third kappa shape index (κ3) is 2.02. The Labute approximate surface area is 149 Å². The maximum Gasteiger partial charge on any atom is 0.182 e. The molecule has 0 unspecified atom stereocenters. The molecule has 2 aliphatic rings. The fourth-order valence-corrected chi connectivity index (χ4v) is 4.43. The Kier molecular flexibility index (Phi) is 3.16. The van der Waals surface area contributed by atoms with Crippen LogP contribution in [-0.4, -0.2) is 19.6 Å². The maximum atomic E-state index is 6.53. The summed E-state index contributed by atoms with van der Waals surface area (Å²) >= 11 is 12.6. The summed E-state index contributed by atoms with van der Waals surface area (Å²) in [5.41, 5.74) is 2.89. The molecule has 122 valence electrons. The average molecular weight is 359 g/mol. The van der Waals surface area contributed by atoms with Crippen LogP contribution in [0.25, 0.3) is 5.65 Å². The van der Waals surface area contributed by atoms with E-state index in [-0.39, 0.29) is 5.41 Å². The lowest BCUT2D eigenvalue weighted by molar-refractivity contribution is 0.283. The van der Waals surface area contributed by atoms with Crippen LogP contribution >= 0.6 is 23.2 Å². The second kappa shape index (κ2) is 5.17. The molecule has 5 rings (SSSR count). The number of hydrogen-bond acceptors (Lipinski definition) is 3. The number of hydrogen-bond donors (Lipinski definition) is 0. The van der Waals surface area contributed by atoms with Crippen molar-refractivity contribution >= 4 is 28.8 Å². The molecule has 0 aliphatic heterocycles. The van der Waals surface area contributed by atoms with E-state index in [4.69, 9.17) is 23.2 Å². The molecule has 0 bridgehead atoms. The molecule has 2 saturated carbocycles. The first-order valence-electron chi connectivity index (χ1n) is 8.35. The predicted octanol–water partition coefficient (Wildman–Crippen LogP) is 4.78. The molecule has 0 amide bonds. The minimum Gasteiger partial charge on any atom is -0.283 e. The Morgan fingerprint density at radius 2 is 1.96 bits per heavy atom. The maximum absolute atomic E-state index is 6.53. The van der Waals surface area contributed by atoms with E-state index in [0.29, 0.717) is 16.0 Å². The molecule has 0 saturated heterocycles. The number of benzene rings is 1. The van der Waals surface area contributed by atoms with E-state index in [1.54, 1.807) is 0 Å². The van der Waals surface area contributed by atoms with Crippen molar-refractivity contribution in [1.82, 2.24) is 19.6 Å². The Hall–Kier alpha value is -1.65. The van der Waals surface area contributed by atoms with Gasteiger partial charge in [-0.25, -0.2) is 0 Å². The zero-order valence-electron chi connectivity index (χ0n) is 13.0. The lowest BCUT2D eigenvalue weighted by Crippen LogP contribution is -2.37. The van der Waals surface area contributed by atoms with Crippen LogP contribution in [-0.2, 0) is 5.41 Å². The van der Waals surface area contributed by atoms with Gasteiger partial charge in [0.15, 0.2) is 5.65 Å². The highest BCUT2D eigenvalue weighted by Gasteiger charge is 2.46. The molecular formula is C18H16Cl2N4. The van der Waals surface area contributed by atoms with Crippen LogP contribution in [0.5, 0.6) is 0 Å². The van der Waals surface area contributed by atoms with Gasteiger partial charge in [0, 0.05) is 28.4 Å². The summed E-state index contributed by atoms with van der Waals surface area (Å²) in [5, 5.41) is 10.4. The molecule has 0 radical (unpaired) electrons. The van der Waals surface area contributed by atoms with Gasteiger partial charge < -0.3 is 0 Å². The van der Waals surface area contributed by atoms with E-state index >= 15 is 0 Å². The molecule has 2 aromatic heterocycles. The SMILES string of the molecule is Clc1ccc(C2(c3nnc4c(C5CC5)nccn34)CCC2)c(Cl)c1. The van der Waals surface area contributed by atoms with Crippen LogP contribution in [0.1, 0.15) is 55.1 Å². The van der Waals surface area contributed by atoms with Crippen LogP contribution in [0.15, 0.2) is 30.6 Å². The van der Waals surface area contributed by atoms with E-state index < -0.39 is 0 Å². The lowest BCUT2D eigenvalue weighted by Gasteiger charge is -2.41. The fourth-order valence-electron chi connectivity index (χ4n) is 3.84. The van der Waals surface area contributed by atoms with Crippen LogP contribution in [0.2, 0.25) is 10.0 Å². The first-order chi connectivity index (χ1) is 11.7. The number of aromatic nitrogens is 4. The van der Waals surface area contributed by atoms with Gasteiger partial charge in [-0.05, 0) is 43.4 Å². The van der Waals surface area contributed by atoms with Crippen molar-refractivity contribution in [2.75, 3.05) is 0 Å². The normalized spacial score (nSPS) is 19.4. The van der Waals surface area contributed by atoms with E-state index in [0.717, 1.165) is 42.0 Å². The largest absolute Gasteiger partial charge is 0.283 e. The van der Waals surface area contributed by atoms with Crippen molar-refractivity contribution in [2.45, 2.75) is 43.4 Å². The first-order valence-corrected chi connectivity index (χ1v) is 9.10. The summed E-state index contributed by atoms with van der Waals surface area (Å²) in [6.45, 7) is 0. The Morgan fingerprint density at radius 1 is 1.12 bits per heavy atom. The van der Waals surface area contributed by atoms with Crippen LogP contribution in [0, 0.1) is 0 Å². The van der Waals surface area contributed by atoms with Crippen LogP contribution in [0.4, 0.5) is 0 Å². The number of rotatable bonds is 3. The zero-order valence-corrected chi connectivity index (χ0v) is 14.6. The second-order valence-corrected chi connectivity index (χ2v) is 7.71. The van der Waals surface area contributed by atoms with E-state index in [1.165, 1.54) is 12.8 Å². The highest BCUT2D eigenvalue weighted by Crippen LogP contribution is 2.51. The lowest BCUT2D eigenvalue weighted by atomic mass is 9.64. The van der Waals surface area contributed by atoms with Gasteiger partial charge in [0.05, 0.1) is 11.1 Å². The summed E-state index contributed by atoms with van der Waals surface area (Å²) < 4.78 is 2.12. The van der Waals surface area contributed by atoms with E-state index in [1.807, 2.05) is 30.6 Å². The summed E-state index contributed by atoms with van der Waals surface area (Å²) in [7, 11) is 0. The summed E-state index contributed by atoms with van der Waals surface area (Å²) in [6, 6.07) is 5.76. The van der Waals surface area contributed by atoms with Gasteiger partial charge in [-0.15, -0.1) is 10.2 Å². The average Bonchev–Trinajstić information content (AvgIpc) is 3.28. The molecule has 2 heterocycles. The highest BCUT2D eigenvalue weighted by atomic mass is 35.5. The summed E-state index contributed by atoms with van der Waals surface area (Å²) in [5.74, 6) is 1.51. The van der Waals surface area contributed by atoms with E-state index in [2.05, 4.69) is 19.6 Å². The van der Waals surface area contributed by atoms with E-state index in [9.17, 15) is 0 Å². The Morgan fingerprint density at radius 3 is 2.62 bits per heavy atom. The summed E-state index contributed by atoms with van der Waals surface area (Å²) in [4.78, 5) is 4.54. The van der Waals surface area contributed by atoms with Crippen molar-refractivity contribution in [1.29, 1.82) is 0 Å². The van der Waals surface area contributed by atoms with Gasteiger partial charge in [0.2, 0.25) is 0 Å². The minimum absolute atomic E-state index is 0.177. The fraction of sp³-hybridized carbons (Fsp3) is 0.389. The molecule has 0 N–H and O–H groups in total. The van der Waals surface area contributed by atoms with Gasteiger partial charge in [-0.2, -0.15) is 0 Å². The number of fused-ring (bicyclic) bond motifs is 1. The summed E-state index contributed by atoms with van der Waals surface area (Å²) in [6.07, 6.45) is 9.44. The van der Waals surface area contributed by atoms with Crippen molar-refractivity contribution in [3.63, 3.8) is 0 Å². The molecule has 2 fully saturated rings. The molecule has 1 aromatic carbocycles. The smallest absolute Gasteiger partial charge is 0.182 e. The number of halogens is 2. The van der Waals surface area contributed by atoms with Crippen molar-refractivity contribution < 1.29 is 0 Å². The predicted molar refractivity (Wildman–Crippen MR) is 93.9 cm³/mol. The minimum atomic E-state index is -0.177. The molecular weight excluding hydrogens is 343 g/mol. The topological polar surface area (TPSA) is 43.1 Å². The van der Waals surface area contributed by atoms with Crippen molar-refractivity contribution in [3.05, 3.63) is 57.7 Å². The van der Waals surface area contributed by atoms with Crippen LogP contribution < -0.4 is 0 Å². The molecule has 0 atom stereocenters. The highest BCUT2D eigenvalue weighted by molar-refractivity contribution is 6.35. The van der Waals surface area contributed by atoms with Gasteiger partial charge in [-0.1, -0.05) is 35.7 Å². The van der Waals surface area contributed by atoms with Gasteiger partial charge >= 0.3 is 0 Å². The standard InChI is InChI=1S/C18H16Cl2N4/c19-12-4-5-13(14(20)10-12)18(6-1-7-18)17-23-22-16-15(11-2-3-11)21-8-9-24(16)17/h4-5,8-11H,1-3,6-7H2. The Balaban J connectivity index is 1.71. The van der Waals surface area contributed by atoms with Gasteiger partial charge in [-0.3, -0.25) is 9.38 Å². The molecule has 2 aliphatic carbocycles. The van der Waals surface area contributed by atoms with Crippen LogP contribution in [0.3, 0.4) is 0 Å². The quantitative estimate of drug-likeness (QED) is 0.676. The zero-order chi connectivity index (χ0) is 16.3. The Bertz CT molecular complexity index is 941.